The topological polar surface area (TPSA) is 83.5 Å². The van der Waals surface area contributed by atoms with Crippen LogP contribution in [0.3, 0.4) is 0 Å². The van der Waals surface area contributed by atoms with Crippen molar-refractivity contribution in [1.82, 2.24) is 14.3 Å². The molecule has 1 aliphatic rings. The number of nitrogens with zero attached hydrogens (tertiary/aromatic N) is 4. The van der Waals surface area contributed by atoms with Crippen molar-refractivity contribution in [2.24, 2.45) is 5.92 Å². The van der Waals surface area contributed by atoms with Crippen LogP contribution in [0.5, 0.6) is 0 Å². The van der Waals surface area contributed by atoms with Gasteiger partial charge < -0.3 is 0 Å². The van der Waals surface area contributed by atoms with E-state index in [4.69, 9.17) is 16.6 Å². The number of amides is 1. The largest absolute Gasteiger partial charge is 0.283 e. The number of carbonyl (C=O) groups is 1. The molecule has 0 N–H and O–H groups in total. The van der Waals surface area contributed by atoms with Crippen molar-refractivity contribution < 1.29 is 13.2 Å². The Bertz CT molecular complexity index is 1510. The van der Waals surface area contributed by atoms with Gasteiger partial charge in [0.1, 0.15) is 4.21 Å². The van der Waals surface area contributed by atoms with E-state index >= 15 is 0 Å². The molecule has 188 valence electrons. The van der Waals surface area contributed by atoms with Crippen LogP contribution in [-0.2, 0) is 21.4 Å². The zero-order valence-corrected chi connectivity index (χ0v) is 23.1. The molecule has 0 bridgehead atoms. The van der Waals surface area contributed by atoms with Crippen molar-refractivity contribution in [3.8, 4) is 0 Å². The van der Waals surface area contributed by atoms with E-state index in [9.17, 15) is 13.2 Å². The molecule has 7 nitrogen and oxygen atoms in total. The van der Waals surface area contributed by atoms with E-state index in [0.29, 0.717) is 28.9 Å². The fraction of sp³-hybridized carbons (Fsp3) is 0.320. The average molecular weight is 561 g/mol. The quantitative estimate of drug-likeness (QED) is 0.304. The van der Waals surface area contributed by atoms with Gasteiger partial charge in [-0.25, -0.2) is 13.4 Å². The SMILES string of the molecule is Cc1ccc2sc(N(Cc3ccncc3)C(=O)C3CCN(S(=O)(=O)c4ccc(Cl)s4)CC3)nc2c1C. The maximum atomic E-state index is 13.9. The van der Waals surface area contributed by atoms with Gasteiger partial charge in [0, 0.05) is 31.4 Å². The number of rotatable bonds is 6. The summed E-state index contributed by atoms with van der Waals surface area (Å²) in [6.45, 7) is 5.06. The second-order valence-corrected chi connectivity index (χ2v) is 13.8. The zero-order chi connectivity index (χ0) is 25.4. The lowest BCUT2D eigenvalue weighted by Gasteiger charge is -2.32. The molecule has 1 aliphatic heterocycles. The number of aryl methyl sites for hydroxylation is 2. The third kappa shape index (κ3) is 4.92. The summed E-state index contributed by atoms with van der Waals surface area (Å²) in [5.41, 5.74) is 4.14. The van der Waals surface area contributed by atoms with E-state index in [1.165, 1.54) is 21.7 Å². The smallest absolute Gasteiger partial charge is 0.252 e. The number of benzene rings is 1. The minimum atomic E-state index is -3.61. The Hall–Kier alpha value is -2.37. The van der Waals surface area contributed by atoms with Crippen molar-refractivity contribution >= 4 is 65.6 Å². The van der Waals surface area contributed by atoms with Crippen molar-refractivity contribution in [3.05, 3.63) is 69.8 Å². The lowest BCUT2D eigenvalue weighted by Crippen LogP contribution is -2.44. The number of thiazole rings is 1. The number of thiophene rings is 1. The van der Waals surface area contributed by atoms with Crippen LogP contribution in [0.4, 0.5) is 5.13 Å². The monoisotopic (exact) mass is 560 g/mol. The van der Waals surface area contributed by atoms with Crippen molar-refractivity contribution in [2.75, 3.05) is 18.0 Å². The number of carbonyl (C=O) groups excluding carboxylic acids is 1. The number of anilines is 1. The molecule has 1 saturated heterocycles. The van der Waals surface area contributed by atoms with E-state index in [1.54, 1.807) is 23.4 Å². The number of aromatic nitrogens is 2. The number of hydrogen-bond acceptors (Lipinski definition) is 7. The molecule has 1 amide bonds. The highest BCUT2D eigenvalue weighted by Crippen LogP contribution is 2.35. The summed E-state index contributed by atoms with van der Waals surface area (Å²) in [6, 6.07) is 11.0. The van der Waals surface area contributed by atoms with Gasteiger partial charge in [0.15, 0.2) is 5.13 Å². The maximum absolute atomic E-state index is 13.9. The normalized spacial score (nSPS) is 15.4. The van der Waals surface area contributed by atoms with Crippen LogP contribution in [0.25, 0.3) is 10.2 Å². The second-order valence-electron chi connectivity index (χ2n) is 8.87. The molecule has 4 heterocycles. The van der Waals surface area contributed by atoms with Gasteiger partial charge in [0.05, 0.1) is 21.1 Å². The molecule has 5 rings (SSSR count). The molecular formula is C25H25ClN4O3S3. The standard InChI is InChI=1S/C25H25ClN4O3S3/c1-16-3-4-20-23(17(16)2)28-25(34-20)30(15-18-7-11-27-12-8-18)24(31)19-9-13-29(14-10-19)36(32,33)22-6-5-21(26)35-22/h3-8,11-12,19H,9-10,13-15H2,1-2H3. The van der Waals surface area contributed by atoms with Crippen LogP contribution in [0.15, 0.2) is 53.0 Å². The molecule has 3 aromatic heterocycles. The van der Waals surface area contributed by atoms with Crippen LogP contribution < -0.4 is 4.90 Å². The Balaban J connectivity index is 1.40. The second kappa shape index (κ2) is 10.2. The minimum absolute atomic E-state index is 0.0311. The fourth-order valence-corrected chi connectivity index (χ4v) is 8.50. The number of sulfonamides is 1. The van der Waals surface area contributed by atoms with Crippen LogP contribution in [0, 0.1) is 19.8 Å². The third-order valence-corrected chi connectivity index (χ3v) is 11.2. The predicted molar refractivity (Wildman–Crippen MR) is 145 cm³/mol. The molecule has 0 unspecified atom stereocenters. The van der Waals surface area contributed by atoms with Gasteiger partial charge in [-0.1, -0.05) is 29.0 Å². The first kappa shape index (κ1) is 25.3. The van der Waals surface area contributed by atoms with E-state index < -0.39 is 10.0 Å². The summed E-state index contributed by atoms with van der Waals surface area (Å²) in [4.78, 5) is 24.6. The lowest BCUT2D eigenvalue weighted by molar-refractivity contribution is -0.123. The molecule has 0 radical (unpaired) electrons. The number of halogens is 1. The summed E-state index contributed by atoms with van der Waals surface area (Å²) in [5, 5.41) is 0.656. The van der Waals surface area contributed by atoms with Gasteiger partial charge in [-0.05, 0) is 73.7 Å². The Labute approximate surface area is 223 Å². The van der Waals surface area contributed by atoms with Crippen LogP contribution >= 0.6 is 34.3 Å². The molecule has 0 saturated carbocycles. The molecule has 0 atom stereocenters. The van der Waals surface area contributed by atoms with Gasteiger partial charge in [-0.3, -0.25) is 14.7 Å². The van der Waals surface area contributed by atoms with Gasteiger partial charge in [-0.2, -0.15) is 4.31 Å². The van der Waals surface area contributed by atoms with Crippen LogP contribution in [-0.4, -0.2) is 41.7 Å². The number of hydrogen-bond donors (Lipinski definition) is 0. The number of fused-ring (bicyclic) bond motifs is 1. The highest BCUT2D eigenvalue weighted by Gasteiger charge is 2.35. The zero-order valence-electron chi connectivity index (χ0n) is 19.8. The van der Waals surface area contributed by atoms with Crippen LogP contribution in [0.1, 0.15) is 29.5 Å². The fourth-order valence-electron chi connectivity index (χ4n) is 4.37. The van der Waals surface area contributed by atoms with E-state index in [1.807, 2.05) is 25.1 Å². The van der Waals surface area contributed by atoms with Gasteiger partial charge in [0.2, 0.25) is 5.91 Å². The Morgan fingerprint density at radius 2 is 1.81 bits per heavy atom. The van der Waals surface area contributed by atoms with Gasteiger partial charge in [-0.15, -0.1) is 11.3 Å². The molecule has 0 spiro atoms. The first-order valence-corrected chi connectivity index (χ1v) is 15.0. The van der Waals surface area contributed by atoms with Crippen molar-refractivity contribution in [3.63, 3.8) is 0 Å². The Kier molecular flexibility index (Phi) is 7.15. The molecule has 1 aromatic carbocycles. The molecule has 1 fully saturated rings. The average Bonchev–Trinajstić information content (AvgIpc) is 3.52. The summed E-state index contributed by atoms with van der Waals surface area (Å²) in [7, 11) is -3.61. The molecule has 0 aliphatic carbocycles. The number of pyridine rings is 1. The predicted octanol–water partition coefficient (Wildman–Crippen LogP) is 5.66. The Morgan fingerprint density at radius 3 is 2.47 bits per heavy atom. The molecule has 4 aromatic rings. The van der Waals surface area contributed by atoms with Crippen molar-refractivity contribution in [2.45, 2.75) is 37.4 Å². The molecule has 36 heavy (non-hydrogen) atoms. The van der Waals surface area contributed by atoms with E-state index in [2.05, 4.69) is 18.0 Å². The third-order valence-electron chi connectivity index (χ3n) is 6.61. The first-order valence-electron chi connectivity index (χ1n) is 11.6. The highest BCUT2D eigenvalue weighted by molar-refractivity contribution is 7.91. The van der Waals surface area contributed by atoms with Crippen LogP contribution in [0.2, 0.25) is 4.34 Å². The van der Waals surface area contributed by atoms with Gasteiger partial charge >= 0.3 is 0 Å². The minimum Gasteiger partial charge on any atom is -0.283 e. The number of piperidine rings is 1. The summed E-state index contributed by atoms with van der Waals surface area (Å²) < 4.78 is 29.2. The first-order chi connectivity index (χ1) is 17.2. The van der Waals surface area contributed by atoms with Gasteiger partial charge in [0.25, 0.3) is 10.0 Å². The Morgan fingerprint density at radius 1 is 1.08 bits per heavy atom. The summed E-state index contributed by atoms with van der Waals surface area (Å²) >= 11 is 8.51. The highest BCUT2D eigenvalue weighted by atomic mass is 35.5. The molecule has 11 heteroatoms. The van der Waals surface area contributed by atoms with E-state index in [0.717, 1.165) is 38.2 Å². The van der Waals surface area contributed by atoms with E-state index in [-0.39, 0.29) is 29.1 Å². The maximum Gasteiger partial charge on any atom is 0.252 e. The summed E-state index contributed by atoms with van der Waals surface area (Å²) in [6.07, 6.45) is 4.33. The lowest BCUT2D eigenvalue weighted by atomic mass is 9.96. The van der Waals surface area contributed by atoms with Crippen molar-refractivity contribution in [1.29, 1.82) is 0 Å². The molecular weight excluding hydrogens is 536 g/mol. The summed E-state index contributed by atoms with van der Waals surface area (Å²) in [5.74, 6) is -0.323.